The van der Waals surface area contributed by atoms with Crippen LogP contribution in [0.5, 0.6) is 0 Å². The van der Waals surface area contributed by atoms with Crippen LogP contribution in [0, 0.1) is 6.92 Å². The SMILES string of the molecule is Cc1nc(Cl)c2n1CCN(C(=O)OC(C)(C)C)C2C. The van der Waals surface area contributed by atoms with Gasteiger partial charge in [0.25, 0.3) is 0 Å². The first-order chi connectivity index (χ1) is 8.70. The molecule has 0 N–H and O–H groups in total. The van der Waals surface area contributed by atoms with Crippen molar-refractivity contribution >= 4 is 17.7 Å². The van der Waals surface area contributed by atoms with Gasteiger partial charge in [0, 0.05) is 13.1 Å². The van der Waals surface area contributed by atoms with Crippen LogP contribution >= 0.6 is 11.6 Å². The lowest BCUT2D eigenvalue weighted by atomic mass is 10.1. The molecule has 0 bridgehead atoms. The van der Waals surface area contributed by atoms with Gasteiger partial charge in [-0.25, -0.2) is 9.78 Å². The highest BCUT2D eigenvalue weighted by molar-refractivity contribution is 6.30. The van der Waals surface area contributed by atoms with Gasteiger partial charge in [0.1, 0.15) is 11.4 Å². The Morgan fingerprint density at radius 2 is 2.05 bits per heavy atom. The van der Waals surface area contributed by atoms with Crippen molar-refractivity contribution in [2.75, 3.05) is 6.54 Å². The monoisotopic (exact) mass is 285 g/mol. The van der Waals surface area contributed by atoms with E-state index in [0.717, 1.165) is 11.5 Å². The summed E-state index contributed by atoms with van der Waals surface area (Å²) in [6, 6.07) is -0.128. The van der Waals surface area contributed by atoms with Crippen molar-refractivity contribution < 1.29 is 9.53 Å². The fourth-order valence-corrected chi connectivity index (χ4v) is 2.73. The minimum atomic E-state index is -0.492. The molecule has 1 aliphatic heterocycles. The van der Waals surface area contributed by atoms with Gasteiger partial charge in [0.05, 0.1) is 11.7 Å². The molecular weight excluding hydrogens is 266 g/mol. The van der Waals surface area contributed by atoms with Crippen LogP contribution in [0.15, 0.2) is 0 Å². The number of rotatable bonds is 0. The average Bonchev–Trinajstić information content (AvgIpc) is 2.52. The molecule has 0 saturated heterocycles. The lowest BCUT2D eigenvalue weighted by molar-refractivity contribution is 0.0126. The summed E-state index contributed by atoms with van der Waals surface area (Å²) in [7, 11) is 0. The third-order valence-electron chi connectivity index (χ3n) is 3.21. The van der Waals surface area contributed by atoms with Crippen LogP contribution in [-0.2, 0) is 11.3 Å². The molecule has 2 heterocycles. The Labute approximate surface area is 118 Å². The molecule has 19 heavy (non-hydrogen) atoms. The van der Waals surface area contributed by atoms with Crippen molar-refractivity contribution in [3.63, 3.8) is 0 Å². The molecule has 1 unspecified atom stereocenters. The molecule has 106 valence electrons. The van der Waals surface area contributed by atoms with Gasteiger partial charge in [0.2, 0.25) is 0 Å². The second-order valence-electron chi connectivity index (χ2n) is 5.84. The maximum absolute atomic E-state index is 12.2. The minimum Gasteiger partial charge on any atom is -0.444 e. The van der Waals surface area contributed by atoms with E-state index in [1.54, 1.807) is 4.90 Å². The number of aromatic nitrogens is 2. The van der Waals surface area contributed by atoms with Crippen LogP contribution in [0.2, 0.25) is 5.15 Å². The largest absolute Gasteiger partial charge is 0.444 e. The predicted molar refractivity (Wildman–Crippen MR) is 73.3 cm³/mol. The predicted octanol–water partition coefficient (Wildman–Crippen LogP) is 3.16. The van der Waals surface area contributed by atoms with Crippen molar-refractivity contribution in [1.82, 2.24) is 14.5 Å². The minimum absolute atomic E-state index is 0.128. The van der Waals surface area contributed by atoms with E-state index in [9.17, 15) is 4.79 Å². The number of halogens is 1. The standard InChI is InChI=1S/C13H20ClN3O2/c1-8-10-11(14)15-9(2)17(10)7-6-16(8)12(18)19-13(3,4)5/h8H,6-7H2,1-5H3. The number of imidazole rings is 1. The van der Waals surface area contributed by atoms with Crippen LogP contribution in [-0.4, -0.2) is 32.7 Å². The quantitative estimate of drug-likeness (QED) is 0.736. The van der Waals surface area contributed by atoms with Crippen LogP contribution in [0.4, 0.5) is 4.79 Å². The maximum Gasteiger partial charge on any atom is 0.410 e. The lowest BCUT2D eigenvalue weighted by Crippen LogP contribution is -2.43. The average molecular weight is 286 g/mol. The van der Waals surface area contributed by atoms with E-state index >= 15 is 0 Å². The zero-order valence-electron chi connectivity index (χ0n) is 12.0. The molecule has 5 nitrogen and oxygen atoms in total. The van der Waals surface area contributed by atoms with Crippen LogP contribution in [0.3, 0.4) is 0 Å². The van der Waals surface area contributed by atoms with Crippen molar-refractivity contribution in [2.45, 2.75) is 52.8 Å². The molecule has 6 heteroatoms. The van der Waals surface area contributed by atoms with Crippen molar-refractivity contribution in [3.05, 3.63) is 16.7 Å². The Hall–Kier alpha value is -1.23. The number of amides is 1. The number of aryl methyl sites for hydroxylation is 1. The normalized spacial score (nSPS) is 19.3. The fourth-order valence-electron chi connectivity index (χ4n) is 2.34. The van der Waals surface area contributed by atoms with Gasteiger partial charge in [-0.1, -0.05) is 11.6 Å². The molecule has 0 radical (unpaired) electrons. The number of fused-ring (bicyclic) bond motifs is 1. The van der Waals surface area contributed by atoms with E-state index in [-0.39, 0.29) is 12.1 Å². The molecule has 0 spiro atoms. The zero-order valence-corrected chi connectivity index (χ0v) is 12.8. The van der Waals surface area contributed by atoms with E-state index in [2.05, 4.69) is 9.55 Å². The third-order valence-corrected chi connectivity index (χ3v) is 3.49. The van der Waals surface area contributed by atoms with Gasteiger partial charge >= 0.3 is 6.09 Å². The highest BCUT2D eigenvalue weighted by Gasteiger charge is 2.33. The molecule has 1 atom stereocenters. The Morgan fingerprint density at radius 3 is 2.63 bits per heavy atom. The van der Waals surface area contributed by atoms with Gasteiger partial charge in [-0.15, -0.1) is 0 Å². The summed E-state index contributed by atoms with van der Waals surface area (Å²) in [4.78, 5) is 18.1. The smallest absolute Gasteiger partial charge is 0.410 e. The summed E-state index contributed by atoms with van der Waals surface area (Å²) in [5, 5.41) is 0.471. The topological polar surface area (TPSA) is 47.4 Å². The van der Waals surface area contributed by atoms with Gasteiger partial charge in [-0.05, 0) is 34.6 Å². The fraction of sp³-hybridized carbons (Fsp3) is 0.692. The van der Waals surface area contributed by atoms with E-state index in [0.29, 0.717) is 18.2 Å². The van der Waals surface area contributed by atoms with E-state index in [4.69, 9.17) is 16.3 Å². The number of carbonyl (C=O) groups is 1. The highest BCUT2D eigenvalue weighted by atomic mass is 35.5. The molecule has 1 aromatic rings. The van der Waals surface area contributed by atoms with Crippen molar-refractivity contribution in [1.29, 1.82) is 0 Å². The molecule has 2 rings (SSSR count). The van der Waals surface area contributed by atoms with Gasteiger partial charge in [0.15, 0.2) is 5.15 Å². The summed E-state index contributed by atoms with van der Waals surface area (Å²) < 4.78 is 7.49. The molecule has 1 aromatic heterocycles. The van der Waals surface area contributed by atoms with Crippen LogP contribution in [0.1, 0.15) is 45.3 Å². The summed E-state index contributed by atoms with van der Waals surface area (Å²) in [6.07, 6.45) is -0.304. The first-order valence-corrected chi connectivity index (χ1v) is 6.80. The van der Waals surface area contributed by atoms with E-state index < -0.39 is 5.60 Å². The van der Waals surface area contributed by atoms with Gasteiger partial charge in [-0.3, -0.25) is 4.90 Å². The van der Waals surface area contributed by atoms with Crippen molar-refractivity contribution in [2.24, 2.45) is 0 Å². The Bertz CT molecular complexity index is 505. The molecule has 0 aromatic carbocycles. The van der Waals surface area contributed by atoms with Crippen LogP contribution < -0.4 is 0 Å². The highest BCUT2D eigenvalue weighted by Crippen LogP contribution is 2.32. The number of nitrogens with zero attached hydrogens (tertiary/aromatic N) is 3. The molecule has 0 aliphatic carbocycles. The molecule has 0 saturated carbocycles. The number of ether oxygens (including phenoxy) is 1. The molecule has 1 amide bonds. The molecule has 0 fully saturated rings. The molecular formula is C13H20ClN3O2. The maximum atomic E-state index is 12.2. The Morgan fingerprint density at radius 1 is 1.42 bits per heavy atom. The van der Waals surface area contributed by atoms with E-state index in [1.165, 1.54) is 0 Å². The second-order valence-corrected chi connectivity index (χ2v) is 6.19. The summed E-state index contributed by atoms with van der Waals surface area (Å²) in [6.45, 7) is 10.8. The van der Waals surface area contributed by atoms with Crippen molar-refractivity contribution in [3.8, 4) is 0 Å². The number of hydrogen-bond donors (Lipinski definition) is 0. The summed E-state index contributed by atoms with van der Waals surface area (Å²) in [5.74, 6) is 0.885. The van der Waals surface area contributed by atoms with E-state index in [1.807, 2.05) is 34.6 Å². The Kier molecular flexibility index (Phi) is 3.51. The Balaban J connectivity index is 2.24. The van der Waals surface area contributed by atoms with Gasteiger partial charge in [-0.2, -0.15) is 0 Å². The third kappa shape index (κ3) is 2.71. The first kappa shape index (κ1) is 14.2. The lowest BCUT2D eigenvalue weighted by Gasteiger charge is -2.36. The summed E-state index contributed by atoms with van der Waals surface area (Å²) in [5.41, 5.74) is 0.394. The number of hydrogen-bond acceptors (Lipinski definition) is 3. The van der Waals surface area contributed by atoms with Crippen LogP contribution in [0.25, 0.3) is 0 Å². The zero-order chi connectivity index (χ0) is 14.4. The molecule has 1 aliphatic rings. The van der Waals surface area contributed by atoms with Gasteiger partial charge < -0.3 is 9.30 Å². The first-order valence-electron chi connectivity index (χ1n) is 6.43. The number of carbonyl (C=O) groups excluding carboxylic acids is 1. The second kappa shape index (κ2) is 4.71. The summed E-state index contributed by atoms with van der Waals surface area (Å²) >= 11 is 6.15.